The van der Waals surface area contributed by atoms with Crippen LogP contribution < -0.4 is 11.3 Å². The van der Waals surface area contributed by atoms with Gasteiger partial charge in [0.25, 0.3) is 0 Å². The van der Waals surface area contributed by atoms with Crippen LogP contribution >= 0.6 is 0 Å². The molecule has 0 saturated heterocycles. The normalized spacial score (nSPS) is 29.5. The largest absolute Gasteiger partial charge is 0.385 e. The molecule has 0 heterocycles. The van der Waals surface area contributed by atoms with E-state index in [2.05, 4.69) is 29.7 Å². The number of rotatable bonds is 6. The summed E-state index contributed by atoms with van der Waals surface area (Å²) in [6.45, 7) is 0.830. The van der Waals surface area contributed by atoms with Gasteiger partial charge in [-0.1, -0.05) is 24.3 Å². The molecule has 0 amide bonds. The van der Waals surface area contributed by atoms with Crippen LogP contribution in [0.4, 0.5) is 0 Å². The third-order valence-corrected chi connectivity index (χ3v) is 4.93. The number of benzene rings is 1. The third-order valence-electron chi connectivity index (χ3n) is 4.93. The van der Waals surface area contributed by atoms with Crippen molar-refractivity contribution in [3.8, 4) is 0 Å². The van der Waals surface area contributed by atoms with Gasteiger partial charge in [0, 0.05) is 19.8 Å². The third kappa shape index (κ3) is 2.42. The molecule has 0 aromatic heterocycles. The first-order valence-electron chi connectivity index (χ1n) is 7.39. The van der Waals surface area contributed by atoms with Gasteiger partial charge in [0.1, 0.15) is 0 Å². The standard InChI is InChI=1S/C16H24N2O/c1-19-10-4-7-14(18-17)16-13-9-8-11-5-2-3-6-12(11)15(13)16/h2-3,5-6,13-16,18H,4,7-10,17H2,1H3. The molecule has 0 spiro atoms. The van der Waals surface area contributed by atoms with Crippen molar-refractivity contribution < 1.29 is 4.74 Å². The van der Waals surface area contributed by atoms with Gasteiger partial charge in [0.15, 0.2) is 0 Å². The number of hydrazine groups is 1. The lowest BCUT2D eigenvalue weighted by Crippen LogP contribution is -2.37. The van der Waals surface area contributed by atoms with Gasteiger partial charge in [0.2, 0.25) is 0 Å². The molecule has 4 unspecified atom stereocenters. The molecule has 1 aromatic rings. The Morgan fingerprint density at radius 3 is 3.05 bits per heavy atom. The van der Waals surface area contributed by atoms with Gasteiger partial charge in [0.05, 0.1) is 0 Å². The van der Waals surface area contributed by atoms with E-state index in [1.165, 1.54) is 12.8 Å². The van der Waals surface area contributed by atoms with Gasteiger partial charge in [-0.25, -0.2) is 0 Å². The van der Waals surface area contributed by atoms with Crippen molar-refractivity contribution in [2.24, 2.45) is 17.7 Å². The number of hydrogen-bond acceptors (Lipinski definition) is 3. The van der Waals surface area contributed by atoms with E-state index in [1.807, 2.05) is 0 Å². The number of aryl methyl sites for hydroxylation is 1. The van der Waals surface area contributed by atoms with Crippen molar-refractivity contribution in [1.29, 1.82) is 0 Å². The summed E-state index contributed by atoms with van der Waals surface area (Å²) in [7, 11) is 1.76. The number of nitrogens with two attached hydrogens (primary N) is 1. The van der Waals surface area contributed by atoms with Crippen molar-refractivity contribution in [2.45, 2.75) is 37.6 Å². The summed E-state index contributed by atoms with van der Waals surface area (Å²) in [6, 6.07) is 9.38. The van der Waals surface area contributed by atoms with E-state index >= 15 is 0 Å². The van der Waals surface area contributed by atoms with Crippen LogP contribution in [-0.2, 0) is 11.2 Å². The lowest BCUT2D eigenvalue weighted by Gasteiger charge is -2.16. The second kappa shape index (κ2) is 5.61. The van der Waals surface area contributed by atoms with Crippen molar-refractivity contribution in [3.63, 3.8) is 0 Å². The van der Waals surface area contributed by atoms with Gasteiger partial charge in [-0.2, -0.15) is 0 Å². The summed E-state index contributed by atoms with van der Waals surface area (Å²) in [6.07, 6.45) is 4.77. The van der Waals surface area contributed by atoms with Crippen molar-refractivity contribution in [1.82, 2.24) is 5.43 Å². The molecule has 3 heteroatoms. The number of nitrogens with one attached hydrogen (secondary N) is 1. The first kappa shape index (κ1) is 13.1. The molecule has 0 bridgehead atoms. The van der Waals surface area contributed by atoms with Crippen LogP contribution in [0.25, 0.3) is 0 Å². The molecule has 4 atom stereocenters. The summed E-state index contributed by atoms with van der Waals surface area (Å²) in [5, 5.41) is 0. The second-order valence-electron chi connectivity index (χ2n) is 5.91. The summed E-state index contributed by atoms with van der Waals surface area (Å²) in [4.78, 5) is 0. The molecular weight excluding hydrogens is 236 g/mol. The fourth-order valence-electron chi connectivity index (χ4n) is 4.00. The maximum Gasteiger partial charge on any atom is 0.0462 e. The van der Waals surface area contributed by atoms with Gasteiger partial charge in [-0.05, 0) is 54.6 Å². The molecule has 1 aromatic carbocycles. The summed E-state index contributed by atoms with van der Waals surface area (Å²) >= 11 is 0. The average Bonchev–Trinajstić information content (AvgIpc) is 3.18. The van der Waals surface area contributed by atoms with Crippen LogP contribution in [0, 0.1) is 11.8 Å². The quantitative estimate of drug-likeness (QED) is 0.468. The Kier molecular flexibility index (Phi) is 3.87. The highest BCUT2D eigenvalue weighted by Gasteiger charge is 2.55. The monoisotopic (exact) mass is 260 g/mol. The Morgan fingerprint density at radius 2 is 2.26 bits per heavy atom. The van der Waals surface area contributed by atoms with Crippen LogP contribution in [0.15, 0.2) is 24.3 Å². The fourth-order valence-corrected chi connectivity index (χ4v) is 4.00. The first-order chi connectivity index (χ1) is 9.36. The second-order valence-corrected chi connectivity index (χ2v) is 5.91. The molecule has 3 nitrogen and oxygen atoms in total. The Bertz CT molecular complexity index is 435. The summed E-state index contributed by atoms with van der Waals surface area (Å²) < 4.78 is 5.14. The van der Waals surface area contributed by atoms with E-state index in [4.69, 9.17) is 10.6 Å². The number of methoxy groups -OCH3 is 1. The molecular formula is C16H24N2O. The Balaban J connectivity index is 1.68. The molecule has 3 N–H and O–H groups in total. The lowest BCUT2D eigenvalue weighted by molar-refractivity contribution is 0.186. The van der Waals surface area contributed by atoms with E-state index in [1.54, 1.807) is 18.2 Å². The Hall–Kier alpha value is -0.900. The highest BCUT2D eigenvalue weighted by Crippen LogP contribution is 2.61. The summed E-state index contributed by atoms with van der Waals surface area (Å²) in [5.41, 5.74) is 6.19. The van der Waals surface area contributed by atoms with Crippen molar-refractivity contribution in [3.05, 3.63) is 35.4 Å². The van der Waals surface area contributed by atoms with Gasteiger partial charge < -0.3 is 4.74 Å². The molecule has 1 saturated carbocycles. The highest BCUT2D eigenvalue weighted by molar-refractivity contribution is 5.40. The zero-order valence-electron chi connectivity index (χ0n) is 11.6. The van der Waals surface area contributed by atoms with Crippen LogP contribution in [-0.4, -0.2) is 19.8 Å². The molecule has 0 radical (unpaired) electrons. The van der Waals surface area contributed by atoms with E-state index in [0.29, 0.717) is 6.04 Å². The maximum absolute atomic E-state index is 5.78. The fraction of sp³-hybridized carbons (Fsp3) is 0.625. The maximum atomic E-state index is 5.78. The highest BCUT2D eigenvalue weighted by atomic mass is 16.5. The lowest BCUT2D eigenvalue weighted by atomic mass is 9.92. The smallest absolute Gasteiger partial charge is 0.0462 e. The molecule has 0 aliphatic heterocycles. The minimum absolute atomic E-state index is 0.441. The van der Waals surface area contributed by atoms with E-state index in [9.17, 15) is 0 Å². The van der Waals surface area contributed by atoms with Gasteiger partial charge in [-0.15, -0.1) is 0 Å². The van der Waals surface area contributed by atoms with Crippen molar-refractivity contribution in [2.75, 3.05) is 13.7 Å². The predicted molar refractivity (Wildman–Crippen MR) is 76.7 cm³/mol. The van der Waals surface area contributed by atoms with E-state index in [-0.39, 0.29) is 0 Å². The zero-order valence-corrected chi connectivity index (χ0v) is 11.6. The molecule has 19 heavy (non-hydrogen) atoms. The van der Waals surface area contributed by atoms with Crippen LogP contribution in [0.5, 0.6) is 0 Å². The minimum Gasteiger partial charge on any atom is -0.385 e. The van der Waals surface area contributed by atoms with Crippen LogP contribution in [0.2, 0.25) is 0 Å². The molecule has 2 aliphatic carbocycles. The number of fused-ring (bicyclic) bond motifs is 3. The number of ether oxygens (including phenoxy) is 1. The molecule has 1 fully saturated rings. The average molecular weight is 260 g/mol. The molecule has 3 rings (SSSR count). The topological polar surface area (TPSA) is 47.3 Å². The Labute approximate surface area is 115 Å². The minimum atomic E-state index is 0.441. The SMILES string of the molecule is COCCCC(NN)C1C2CCc3ccccc3C21. The van der Waals surface area contributed by atoms with Gasteiger partial charge >= 0.3 is 0 Å². The Morgan fingerprint density at radius 1 is 1.42 bits per heavy atom. The van der Waals surface area contributed by atoms with Crippen LogP contribution in [0.3, 0.4) is 0 Å². The van der Waals surface area contributed by atoms with Crippen LogP contribution in [0.1, 0.15) is 36.3 Å². The molecule has 2 aliphatic rings. The summed E-state index contributed by atoms with van der Waals surface area (Å²) in [5.74, 6) is 8.10. The molecule has 104 valence electrons. The zero-order chi connectivity index (χ0) is 13.2. The predicted octanol–water partition coefficient (Wildman–Crippen LogP) is 2.22. The van der Waals surface area contributed by atoms with E-state index in [0.717, 1.165) is 37.2 Å². The van der Waals surface area contributed by atoms with Gasteiger partial charge in [-0.3, -0.25) is 11.3 Å². The first-order valence-corrected chi connectivity index (χ1v) is 7.39. The van der Waals surface area contributed by atoms with Crippen molar-refractivity contribution >= 4 is 0 Å². The van der Waals surface area contributed by atoms with E-state index < -0.39 is 0 Å². The number of hydrogen-bond donors (Lipinski definition) is 2.